The molecule has 23 heavy (non-hydrogen) atoms. The second kappa shape index (κ2) is 7.26. The van der Waals surface area contributed by atoms with Crippen LogP contribution < -0.4 is 4.74 Å². The molecule has 0 N–H and O–H groups in total. The third-order valence-electron chi connectivity index (χ3n) is 4.19. The average molecular weight is 315 g/mol. The monoisotopic (exact) mass is 315 g/mol. The summed E-state index contributed by atoms with van der Waals surface area (Å²) >= 11 is 0. The van der Waals surface area contributed by atoms with E-state index in [1.807, 2.05) is 30.3 Å². The van der Waals surface area contributed by atoms with Crippen LogP contribution in [0.4, 0.5) is 0 Å². The van der Waals surface area contributed by atoms with Gasteiger partial charge in [0.05, 0.1) is 19.6 Å². The van der Waals surface area contributed by atoms with Gasteiger partial charge in [-0.3, -0.25) is 4.79 Å². The molecule has 122 valence electrons. The number of carbonyl (C=O) groups is 1. The van der Waals surface area contributed by atoms with Crippen LogP contribution in [0.25, 0.3) is 0 Å². The van der Waals surface area contributed by atoms with Crippen molar-refractivity contribution in [3.63, 3.8) is 0 Å². The number of rotatable bonds is 5. The van der Waals surface area contributed by atoms with Crippen LogP contribution >= 0.6 is 0 Å². The van der Waals surface area contributed by atoms with Gasteiger partial charge in [0.1, 0.15) is 17.4 Å². The van der Waals surface area contributed by atoms with Gasteiger partial charge in [0.15, 0.2) is 0 Å². The molecule has 1 atom stereocenters. The normalized spacial score (nSPS) is 17.2. The fourth-order valence-corrected chi connectivity index (χ4v) is 2.91. The van der Waals surface area contributed by atoms with E-state index < -0.39 is 0 Å². The molecule has 0 fully saturated rings. The number of aromatic nitrogens is 3. The lowest BCUT2D eigenvalue weighted by atomic mass is 10.0. The first-order valence-corrected chi connectivity index (χ1v) is 7.94. The van der Waals surface area contributed by atoms with Gasteiger partial charge in [0.25, 0.3) is 0 Å². The van der Waals surface area contributed by atoms with Gasteiger partial charge in [-0.1, -0.05) is 18.2 Å². The van der Waals surface area contributed by atoms with Crippen LogP contribution in [-0.2, 0) is 28.9 Å². The second-order valence-electron chi connectivity index (χ2n) is 5.64. The Labute approximate surface area is 135 Å². The van der Waals surface area contributed by atoms with Gasteiger partial charge < -0.3 is 14.0 Å². The van der Waals surface area contributed by atoms with Crippen molar-refractivity contribution in [3.8, 4) is 5.75 Å². The molecule has 2 heterocycles. The average Bonchev–Trinajstić information content (AvgIpc) is 2.85. The Balaban J connectivity index is 1.59. The number of para-hydroxylation sites is 1. The van der Waals surface area contributed by atoms with Crippen LogP contribution in [0.15, 0.2) is 30.3 Å². The SMILES string of the molecule is COC(=O)C1CCc2nnc(CCOc3ccccc3)n2CC1. The number of carbonyl (C=O) groups excluding carboxylic acids is 1. The molecule has 1 aliphatic rings. The number of ether oxygens (including phenoxy) is 2. The minimum Gasteiger partial charge on any atom is -0.493 e. The van der Waals surface area contributed by atoms with Crippen LogP contribution in [-0.4, -0.2) is 34.5 Å². The van der Waals surface area contributed by atoms with E-state index in [1.54, 1.807) is 0 Å². The van der Waals surface area contributed by atoms with Crippen LogP contribution in [0, 0.1) is 5.92 Å². The lowest BCUT2D eigenvalue weighted by Crippen LogP contribution is -2.17. The molecule has 0 aliphatic carbocycles. The summed E-state index contributed by atoms with van der Waals surface area (Å²) in [6.45, 7) is 1.31. The van der Waals surface area contributed by atoms with Crippen molar-refractivity contribution in [2.45, 2.75) is 32.2 Å². The van der Waals surface area contributed by atoms with Crippen molar-refractivity contribution >= 4 is 5.97 Å². The Morgan fingerprint density at radius 2 is 2.09 bits per heavy atom. The molecule has 1 aliphatic heterocycles. The second-order valence-corrected chi connectivity index (χ2v) is 5.64. The maximum absolute atomic E-state index is 11.7. The molecule has 0 bridgehead atoms. The van der Waals surface area contributed by atoms with Gasteiger partial charge in [0.2, 0.25) is 0 Å². The Morgan fingerprint density at radius 1 is 1.26 bits per heavy atom. The summed E-state index contributed by atoms with van der Waals surface area (Å²) in [5.74, 6) is 2.55. The molecule has 1 aromatic carbocycles. The van der Waals surface area contributed by atoms with Crippen LogP contribution in [0.3, 0.4) is 0 Å². The third kappa shape index (κ3) is 3.70. The number of esters is 1. The van der Waals surface area contributed by atoms with Gasteiger partial charge in [0, 0.05) is 19.4 Å². The van der Waals surface area contributed by atoms with E-state index in [1.165, 1.54) is 7.11 Å². The number of fused-ring (bicyclic) bond motifs is 1. The predicted octanol–water partition coefficient (Wildman–Crippen LogP) is 2.03. The molecule has 1 unspecified atom stereocenters. The summed E-state index contributed by atoms with van der Waals surface area (Å²) in [7, 11) is 1.44. The quantitative estimate of drug-likeness (QED) is 0.790. The Morgan fingerprint density at radius 3 is 2.87 bits per heavy atom. The molecule has 1 aromatic heterocycles. The largest absolute Gasteiger partial charge is 0.493 e. The lowest BCUT2D eigenvalue weighted by Gasteiger charge is -2.11. The van der Waals surface area contributed by atoms with Crippen molar-refractivity contribution in [2.75, 3.05) is 13.7 Å². The maximum atomic E-state index is 11.7. The van der Waals surface area contributed by atoms with Gasteiger partial charge >= 0.3 is 5.97 Å². The molecule has 6 heteroatoms. The van der Waals surface area contributed by atoms with Crippen LogP contribution in [0.2, 0.25) is 0 Å². The molecule has 0 saturated heterocycles. The van der Waals surface area contributed by atoms with E-state index >= 15 is 0 Å². The number of nitrogens with zero attached hydrogens (tertiary/aromatic N) is 3. The van der Waals surface area contributed by atoms with E-state index in [9.17, 15) is 4.79 Å². The maximum Gasteiger partial charge on any atom is 0.308 e. The number of aryl methyl sites for hydroxylation is 1. The molecule has 3 rings (SSSR count). The summed E-state index contributed by atoms with van der Waals surface area (Å²) in [5.41, 5.74) is 0. The zero-order valence-electron chi connectivity index (χ0n) is 13.3. The summed E-state index contributed by atoms with van der Waals surface area (Å²) < 4.78 is 12.7. The van der Waals surface area contributed by atoms with Crippen molar-refractivity contribution in [3.05, 3.63) is 42.0 Å². The Kier molecular flexibility index (Phi) is 4.90. The zero-order valence-corrected chi connectivity index (χ0v) is 13.3. The van der Waals surface area contributed by atoms with Gasteiger partial charge in [-0.2, -0.15) is 0 Å². The molecular formula is C17H21N3O3. The first-order valence-electron chi connectivity index (χ1n) is 7.94. The van der Waals surface area contributed by atoms with Crippen LogP contribution in [0.5, 0.6) is 5.75 Å². The third-order valence-corrected chi connectivity index (χ3v) is 4.19. The molecule has 0 radical (unpaired) electrons. The highest BCUT2D eigenvalue weighted by Gasteiger charge is 2.25. The molecular weight excluding hydrogens is 294 g/mol. The lowest BCUT2D eigenvalue weighted by molar-refractivity contribution is -0.145. The summed E-state index contributed by atoms with van der Waals surface area (Å²) in [6.07, 6.45) is 2.99. The highest BCUT2D eigenvalue weighted by atomic mass is 16.5. The highest BCUT2D eigenvalue weighted by molar-refractivity contribution is 5.72. The molecule has 0 saturated carbocycles. The smallest absolute Gasteiger partial charge is 0.308 e. The minimum absolute atomic E-state index is 0.0462. The van der Waals surface area contributed by atoms with Crippen molar-refractivity contribution in [1.29, 1.82) is 0 Å². The summed E-state index contributed by atoms with van der Waals surface area (Å²) in [6, 6.07) is 9.73. The van der Waals surface area contributed by atoms with Crippen molar-refractivity contribution < 1.29 is 14.3 Å². The van der Waals surface area contributed by atoms with E-state index in [0.29, 0.717) is 13.0 Å². The first-order chi connectivity index (χ1) is 11.3. The fraction of sp³-hybridized carbons (Fsp3) is 0.471. The van der Waals surface area contributed by atoms with E-state index in [4.69, 9.17) is 9.47 Å². The molecule has 6 nitrogen and oxygen atoms in total. The van der Waals surface area contributed by atoms with Crippen LogP contribution in [0.1, 0.15) is 24.5 Å². The number of hydrogen-bond donors (Lipinski definition) is 0. The number of methoxy groups -OCH3 is 1. The topological polar surface area (TPSA) is 66.2 Å². The van der Waals surface area contributed by atoms with Crippen molar-refractivity contribution in [1.82, 2.24) is 14.8 Å². The van der Waals surface area contributed by atoms with E-state index in [-0.39, 0.29) is 11.9 Å². The Bertz CT molecular complexity index is 654. The summed E-state index contributed by atoms with van der Waals surface area (Å²) in [5, 5.41) is 8.54. The van der Waals surface area contributed by atoms with E-state index in [2.05, 4.69) is 14.8 Å². The van der Waals surface area contributed by atoms with Gasteiger partial charge in [-0.05, 0) is 25.0 Å². The fourth-order valence-electron chi connectivity index (χ4n) is 2.91. The highest BCUT2D eigenvalue weighted by Crippen LogP contribution is 2.21. The standard InChI is InChI=1S/C17H21N3O3/c1-22-17(21)13-7-8-15-18-19-16(20(15)11-9-13)10-12-23-14-5-3-2-4-6-14/h2-6,13H,7-12H2,1H3. The predicted molar refractivity (Wildman–Crippen MR) is 84.1 cm³/mol. The molecule has 0 amide bonds. The number of benzene rings is 1. The first kappa shape index (κ1) is 15.5. The van der Waals surface area contributed by atoms with Gasteiger partial charge in [-0.15, -0.1) is 10.2 Å². The van der Waals surface area contributed by atoms with Gasteiger partial charge in [-0.25, -0.2) is 0 Å². The number of hydrogen-bond acceptors (Lipinski definition) is 5. The summed E-state index contributed by atoms with van der Waals surface area (Å²) in [4.78, 5) is 11.7. The minimum atomic E-state index is -0.127. The van der Waals surface area contributed by atoms with E-state index in [0.717, 1.165) is 43.2 Å². The molecule has 2 aromatic rings. The van der Waals surface area contributed by atoms with Crippen molar-refractivity contribution in [2.24, 2.45) is 5.92 Å². The molecule has 0 spiro atoms. The Hall–Kier alpha value is -2.37. The zero-order chi connectivity index (χ0) is 16.1.